The highest BCUT2D eigenvalue weighted by atomic mass is 32.2. The first-order valence-electron chi connectivity index (χ1n) is 7.50. The number of benzene rings is 1. The Morgan fingerprint density at radius 1 is 1.08 bits per heavy atom. The molecule has 128 valence electrons. The zero-order valence-electron chi connectivity index (χ0n) is 12.9. The Morgan fingerprint density at radius 3 is 2.50 bits per heavy atom. The van der Waals surface area contributed by atoms with Crippen LogP contribution in [-0.2, 0) is 26.2 Å². The largest absolute Gasteiger partial charge is 0.308 e. The van der Waals surface area contributed by atoms with Crippen molar-refractivity contribution in [2.45, 2.75) is 22.7 Å². The van der Waals surface area contributed by atoms with Crippen LogP contribution in [0, 0.1) is 0 Å². The van der Waals surface area contributed by atoms with E-state index in [-0.39, 0.29) is 16.4 Å². The van der Waals surface area contributed by atoms with E-state index < -0.39 is 31.0 Å². The van der Waals surface area contributed by atoms with Gasteiger partial charge in [0.1, 0.15) is 0 Å². The zero-order chi connectivity index (χ0) is 17.2. The van der Waals surface area contributed by atoms with Crippen molar-refractivity contribution in [1.29, 1.82) is 0 Å². The summed E-state index contributed by atoms with van der Waals surface area (Å²) in [6.07, 6.45) is 3.31. The van der Waals surface area contributed by atoms with Crippen LogP contribution in [0.2, 0.25) is 0 Å². The van der Waals surface area contributed by atoms with Crippen molar-refractivity contribution in [3.63, 3.8) is 0 Å². The Hall–Kier alpha value is -1.77. The third kappa shape index (κ3) is 3.66. The van der Waals surface area contributed by atoms with Gasteiger partial charge in [-0.05, 0) is 23.8 Å². The van der Waals surface area contributed by atoms with E-state index in [0.717, 1.165) is 5.56 Å². The average molecular weight is 366 g/mol. The van der Waals surface area contributed by atoms with E-state index in [1.54, 1.807) is 36.7 Å². The number of pyridine rings is 1. The van der Waals surface area contributed by atoms with Gasteiger partial charge in [-0.1, -0.05) is 24.3 Å². The molecule has 3 rings (SSSR count). The second kappa shape index (κ2) is 6.62. The predicted octanol–water partition coefficient (Wildman–Crippen LogP) is 0.811. The number of nitrogens with one attached hydrogen (secondary N) is 1. The van der Waals surface area contributed by atoms with Crippen molar-refractivity contribution < 1.29 is 16.8 Å². The monoisotopic (exact) mass is 366 g/mol. The molecule has 2 heterocycles. The van der Waals surface area contributed by atoms with E-state index in [1.807, 2.05) is 6.07 Å². The molecule has 1 fully saturated rings. The lowest BCUT2D eigenvalue weighted by Gasteiger charge is -2.20. The van der Waals surface area contributed by atoms with Gasteiger partial charge in [0, 0.05) is 25.0 Å². The number of nitrogens with zero attached hydrogens (tertiary/aromatic N) is 1. The van der Waals surface area contributed by atoms with Gasteiger partial charge in [0.25, 0.3) is 0 Å². The Labute approximate surface area is 141 Å². The van der Waals surface area contributed by atoms with Crippen LogP contribution in [0.25, 0.3) is 0 Å². The van der Waals surface area contributed by atoms with Gasteiger partial charge in [-0.25, -0.2) is 16.8 Å². The zero-order valence-corrected chi connectivity index (χ0v) is 14.5. The number of hydrogen-bond donors (Lipinski definition) is 1. The van der Waals surface area contributed by atoms with Gasteiger partial charge < -0.3 is 5.32 Å². The molecule has 0 amide bonds. The first-order chi connectivity index (χ1) is 11.4. The highest BCUT2D eigenvalue weighted by Gasteiger charge is 2.45. The van der Waals surface area contributed by atoms with Crippen LogP contribution in [0.3, 0.4) is 0 Å². The van der Waals surface area contributed by atoms with Crippen LogP contribution in [0.5, 0.6) is 0 Å². The highest BCUT2D eigenvalue weighted by molar-refractivity contribution is 7.96. The smallest absolute Gasteiger partial charge is 0.183 e. The van der Waals surface area contributed by atoms with Crippen LogP contribution in [0.15, 0.2) is 59.8 Å². The summed E-state index contributed by atoms with van der Waals surface area (Å²) in [5.41, 5.74) is 0.873. The van der Waals surface area contributed by atoms with Gasteiger partial charge >= 0.3 is 0 Å². The summed E-state index contributed by atoms with van der Waals surface area (Å²) >= 11 is 0. The molecule has 0 radical (unpaired) electrons. The molecule has 24 heavy (non-hydrogen) atoms. The lowest BCUT2D eigenvalue weighted by molar-refractivity contribution is 0.525. The van der Waals surface area contributed by atoms with Crippen molar-refractivity contribution in [3.05, 3.63) is 60.4 Å². The number of sulfone groups is 2. The molecule has 1 aliphatic heterocycles. The third-order valence-electron chi connectivity index (χ3n) is 4.06. The molecule has 6 nitrogen and oxygen atoms in total. The van der Waals surface area contributed by atoms with Crippen LogP contribution in [0.1, 0.15) is 5.56 Å². The molecule has 0 saturated carbocycles. The van der Waals surface area contributed by atoms with Crippen molar-refractivity contribution in [3.8, 4) is 0 Å². The Kier molecular flexibility index (Phi) is 4.71. The van der Waals surface area contributed by atoms with Crippen LogP contribution < -0.4 is 5.32 Å². The minimum atomic E-state index is -3.72. The van der Waals surface area contributed by atoms with Gasteiger partial charge in [0.15, 0.2) is 19.7 Å². The molecular formula is C16H18N2O4S2. The van der Waals surface area contributed by atoms with Crippen molar-refractivity contribution in [1.82, 2.24) is 10.3 Å². The minimum Gasteiger partial charge on any atom is -0.308 e. The summed E-state index contributed by atoms with van der Waals surface area (Å²) in [7, 11) is -7.12. The first kappa shape index (κ1) is 17.1. The molecule has 1 aromatic carbocycles. The van der Waals surface area contributed by atoms with Crippen LogP contribution >= 0.6 is 0 Å². The summed E-state index contributed by atoms with van der Waals surface area (Å²) < 4.78 is 49.7. The summed E-state index contributed by atoms with van der Waals surface area (Å²) in [4.78, 5) is 4.15. The van der Waals surface area contributed by atoms with Crippen molar-refractivity contribution >= 4 is 19.7 Å². The summed E-state index contributed by atoms with van der Waals surface area (Å²) in [5.74, 6) is -0.529. The topological polar surface area (TPSA) is 93.2 Å². The van der Waals surface area contributed by atoms with E-state index in [0.29, 0.717) is 6.54 Å². The number of hydrogen-bond acceptors (Lipinski definition) is 6. The van der Waals surface area contributed by atoms with Crippen molar-refractivity contribution in [2.75, 3.05) is 11.5 Å². The molecule has 0 aliphatic carbocycles. The lowest BCUT2D eigenvalue weighted by Crippen LogP contribution is -2.43. The molecule has 0 unspecified atom stereocenters. The van der Waals surface area contributed by atoms with E-state index in [9.17, 15) is 16.8 Å². The maximum Gasteiger partial charge on any atom is 0.183 e. The molecule has 1 saturated heterocycles. The SMILES string of the molecule is O=S1(=O)C[C@H](NCc2cccnc2)[C@@H](S(=O)(=O)c2ccccc2)C1. The van der Waals surface area contributed by atoms with E-state index >= 15 is 0 Å². The summed E-state index contributed by atoms with van der Waals surface area (Å²) in [6.45, 7) is 0.370. The summed E-state index contributed by atoms with van der Waals surface area (Å²) in [5, 5.41) is 2.10. The molecule has 8 heteroatoms. The quantitative estimate of drug-likeness (QED) is 0.842. The number of rotatable bonds is 5. The Balaban J connectivity index is 1.84. The minimum absolute atomic E-state index is 0.153. The molecule has 2 aromatic rings. The number of aromatic nitrogens is 1. The van der Waals surface area contributed by atoms with Crippen LogP contribution in [-0.4, -0.2) is 44.6 Å². The van der Waals surface area contributed by atoms with Gasteiger partial charge in [0.05, 0.1) is 21.7 Å². The average Bonchev–Trinajstić information content (AvgIpc) is 2.90. The Bertz CT molecular complexity index is 898. The van der Waals surface area contributed by atoms with Gasteiger partial charge in [-0.15, -0.1) is 0 Å². The fourth-order valence-electron chi connectivity index (χ4n) is 2.85. The fraction of sp³-hybridized carbons (Fsp3) is 0.312. The van der Waals surface area contributed by atoms with E-state index in [1.165, 1.54) is 12.1 Å². The maximum absolute atomic E-state index is 12.8. The fourth-order valence-corrected chi connectivity index (χ4v) is 7.59. The molecule has 1 aromatic heterocycles. The maximum atomic E-state index is 12.8. The molecule has 0 bridgehead atoms. The normalized spacial score (nSPS) is 23.2. The van der Waals surface area contributed by atoms with Gasteiger partial charge in [-0.3, -0.25) is 4.98 Å². The molecule has 2 atom stereocenters. The standard InChI is InChI=1S/C16H18N2O4S2/c19-23(20)11-15(18-10-13-5-4-8-17-9-13)16(12-23)24(21,22)14-6-2-1-3-7-14/h1-9,15-16,18H,10-12H2/t15-,16-/m0/s1. The molecule has 0 spiro atoms. The molecule has 1 aliphatic rings. The third-order valence-corrected chi connectivity index (χ3v) is 8.23. The first-order valence-corrected chi connectivity index (χ1v) is 10.9. The van der Waals surface area contributed by atoms with E-state index in [2.05, 4.69) is 10.3 Å². The molecular weight excluding hydrogens is 348 g/mol. The van der Waals surface area contributed by atoms with Crippen molar-refractivity contribution in [2.24, 2.45) is 0 Å². The van der Waals surface area contributed by atoms with Gasteiger partial charge in [0.2, 0.25) is 0 Å². The lowest BCUT2D eigenvalue weighted by atomic mass is 10.2. The highest BCUT2D eigenvalue weighted by Crippen LogP contribution is 2.26. The second-order valence-corrected chi connectivity index (χ2v) is 10.1. The van der Waals surface area contributed by atoms with Gasteiger partial charge in [-0.2, -0.15) is 0 Å². The molecule has 1 N–H and O–H groups in total. The van der Waals surface area contributed by atoms with E-state index in [4.69, 9.17) is 0 Å². The Morgan fingerprint density at radius 2 is 1.83 bits per heavy atom. The predicted molar refractivity (Wildman–Crippen MR) is 90.9 cm³/mol. The van der Waals surface area contributed by atoms with Crippen LogP contribution in [0.4, 0.5) is 0 Å². The second-order valence-electron chi connectivity index (χ2n) is 5.82. The summed E-state index contributed by atoms with van der Waals surface area (Å²) in [6, 6.07) is 11.0.